The summed E-state index contributed by atoms with van der Waals surface area (Å²) in [5.74, 6) is -2.41. The predicted molar refractivity (Wildman–Crippen MR) is 100 cm³/mol. The van der Waals surface area contributed by atoms with E-state index in [4.69, 9.17) is 0 Å². The van der Waals surface area contributed by atoms with Gasteiger partial charge in [0.05, 0.1) is 0 Å². The van der Waals surface area contributed by atoms with Gasteiger partial charge in [-0.3, -0.25) is 9.59 Å². The molecule has 29 heavy (non-hydrogen) atoms. The summed E-state index contributed by atoms with van der Waals surface area (Å²) in [6.07, 6.45) is -0.762. The molecular weight excluding hydrogens is 383 g/mol. The highest BCUT2D eigenvalue weighted by molar-refractivity contribution is 6.21. The molecule has 1 N–H and O–H groups in total. The maximum absolute atomic E-state index is 12.8. The fourth-order valence-corrected chi connectivity index (χ4v) is 2.98. The third-order valence-electron chi connectivity index (χ3n) is 4.31. The second-order valence-corrected chi connectivity index (χ2v) is 6.28. The molecule has 1 aliphatic carbocycles. The topological polar surface area (TPSA) is 72.0 Å². The van der Waals surface area contributed by atoms with Crippen LogP contribution in [-0.4, -0.2) is 21.7 Å². The molecule has 0 atom stereocenters. The molecule has 2 aromatic carbocycles. The molecule has 0 saturated heterocycles. The summed E-state index contributed by atoms with van der Waals surface area (Å²) in [5.41, 5.74) is 1.72. The van der Waals surface area contributed by atoms with Crippen LogP contribution < -0.4 is 5.32 Å². The Labute approximate surface area is 162 Å². The quantitative estimate of drug-likeness (QED) is 0.523. The third-order valence-corrected chi connectivity index (χ3v) is 4.31. The number of benzene rings is 2. The molecule has 1 aliphatic rings. The van der Waals surface area contributed by atoms with Gasteiger partial charge in [-0.1, -0.05) is 36.4 Å². The van der Waals surface area contributed by atoms with E-state index >= 15 is 0 Å². The molecule has 1 amide bonds. The molecule has 0 saturated carbocycles. The lowest BCUT2D eigenvalue weighted by molar-refractivity contribution is -0.145. The Bertz CT molecular complexity index is 1160. The van der Waals surface area contributed by atoms with E-state index in [9.17, 15) is 22.8 Å². The predicted octanol–water partition coefficient (Wildman–Crippen LogP) is 4.36. The van der Waals surface area contributed by atoms with Gasteiger partial charge in [0.25, 0.3) is 0 Å². The van der Waals surface area contributed by atoms with Crippen LogP contribution in [0.2, 0.25) is 0 Å². The minimum absolute atomic E-state index is 0.165. The maximum atomic E-state index is 12.8. The van der Waals surface area contributed by atoms with Crippen LogP contribution in [0.1, 0.15) is 27.4 Å². The van der Waals surface area contributed by atoms with Crippen molar-refractivity contribution in [2.45, 2.75) is 6.18 Å². The molecule has 0 bridgehead atoms. The normalized spacial score (nSPS) is 12.7. The first-order valence-electron chi connectivity index (χ1n) is 8.50. The zero-order valence-electron chi connectivity index (χ0n) is 14.7. The van der Waals surface area contributed by atoms with Crippen LogP contribution in [0.25, 0.3) is 17.2 Å². The highest BCUT2D eigenvalue weighted by Gasteiger charge is 2.38. The summed E-state index contributed by atoms with van der Waals surface area (Å²) < 4.78 is 38.5. The van der Waals surface area contributed by atoms with Crippen molar-refractivity contribution in [1.82, 2.24) is 9.97 Å². The van der Waals surface area contributed by atoms with Crippen molar-refractivity contribution >= 4 is 23.5 Å². The van der Waals surface area contributed by atoms with Gasteiger partial charge in [0.15, 0.2) is 0 Å². The zero-order valence-corrected chi connectivity index (χ0v) is 14.7. The molecule has 0 radical (unpaired) electrons. The molecule has 0 fully saturated rings. The van der Waals surface area contributed by atoms with Gasteiger partial charge in [0.2, 0.25) is 17.5 Å². The third kappa shape index (κ3) is 3.64. The molecular formula is C21H12F3N3O2. The Morgan fingerprint density at radius 1 is 1.00 bits per heavy atom. The number of carbonyl (C=O) groups is 2. The van der Waals surface area contributed by atoms with E-state index in [1.165, 1.54) is 12.1 Å². The fourth-order valence-electron chi connectivity index (χ4n) is 2.98. The number of hydrogen-bond acceptors (Lipinski definition) is 4. The molecule has 0 unspecified atom stereocenters. The number of alkyl halides is 3. The van der Waals surface area contributed by atoms with Crippen LogP contribution in [0.3, 0.4) is 0 Å². The number of rotatable bonds is 3. The average Bonchev–Trinajstić information content (AvgIpc) is 2.98. The van der Waals surface area contributed by atoms with Crippen molar-refractivity contribution in [2.24, 2.45) is 0 Å². The number of nitrogens with zero attached hydrogens (tertiary/aromatic N) is 2. The monoisotopic (exact) mass is 395 g/mol. The number of hydrogen-bond donors (Lipinski definition) is 1. The summed E-state index contributed by atoms with van der Waals surface area (Å²) in [7, 11) is 0. The maximum Gasteiger partial charge on any atom is 0.451 e. The standard InChI is InChI=1S/C21H12F3N3O2/c22-21(23,24)20-25-11-16-14-8-7-13(10-15(14)19(29)18(16)27-20)26-17(28)9-6-12-4-2-1-3-5-12/h1-11H,(H,26,28)/b9-6+. The van der Waals surface area contributed by atoms with Crippen LogP contribution in [-0.2, 0) is 11.0 Å². The number of nitrogens with one attached hydrogen (secondary N) is 1. The minimum Gasteiger partial charge on any atom is -0.322 e. The van der Waals surface area contributed by atoms with Crippen molar-refractivity contribution in [3.8, 4) is 11.1 Å². The first kappa shape index (κ1) is 18.5. The number of aromatic nitrogens is 2. The molecule has 1 aromatic heterocycles. The lowest BCUT2D eigenvalue weighted by atomic mass is 10.1. The van der Waals surface area contributed by atoms with E-state index < -0.39 is 23.7 Å². The van der Waals surface area contributed by atoms with E-state index in [1.54, 1.807) is 18.2 Å². The molecule has 0 aliphatic heterocycles. The van der Waals surface area contributed by atoms with Gasteiger partial charge in [-0.15, -0.1) is 0 Å². The molecule has 1 heterocycles. The molecule has 144 valence electrons. The number of fused-ring (bicyclic) bond motifs is 3. The average molecular weight is 395 g/mol. The number of halogens is 3. The van der Waals surface area contributed by atoms with Gasteiger partial charge in [0, 0.05) is 29.1 Å². The van der Waals surface area contributed by atoms with Crippen molar-refractivity contribution < 1.29 is 22.8 Å². The van der Waals surface area contributed by atoms with E-state index in [0.717, 1.165) is 11.8 Å². The molecule has 4 rings (SSSR count). The summed E-state index contributed by atoms with van der Waals surface area (Å²) in [5, 5.41) is 2.63. The number of carbonyl (C=O) groups excluding carboxylic acids is 2. The summed E-state index contributed by atoms with van der Waals surface area (Å²) in [6.45, 7) is 0. The van der Waals surface area contributed by atoms with Gasteiger partial charge >= 0.3 is 6.18 Å². The minimum atomic E-state index is -4.74. The van der Waals surface area contributed by atoms with Gasteiger partial charge in [-0.25, -0.2) is 9.97 Å². The van der Waals surface area contributed by atoms with Crippen LogP contribution in [0.15, 0.2) is 60.8 Å². The van der Waals surface area contributed by atoms with Crippen molar-refractivity contribution in [3.05, 3.63) is 83.4 Å². The highest BCUT2D eigenvalue weighted by Crippen LogP contribution is 2.38. The largest absolute Gasteiger partial charge is 0.451 e. The van der Waals surface area contributed by atoms with E-state index in [-0.39, 0.29) is 16.8 Å². The smallest absolute Gasteiger partial charge is 0.322 e. The Hall–Kier alpha value is -3.81. The van der Waals surface area contributed by atoms with Crippen LogP contribution >= 0.6 is 0 Å². The Morgan fingerprint density at radius 2 is 1.76 bits per heavy atom. The molecule has 0 spiro atoms. The number of anilines is 1. The van der Waals surface area contributed by atoms with Gasteiger partial charge in [-0.2, -0.15) is 13.2 Å². The summed E-state index contributed by atoms with van der Waals surface area (Å²) >= 11 is 0. The summed E-state index contributed by atoms with van der Waals surface area (Å²) in [4.78, 5) is 31.3. The van der Waals surface area contributed by atoms with Gasteiger partial charge in [0.1, 0.15) is 5.69 Å². The highest BCUT2D eigenvalue weighted by atomic mass is 19.4. The van der Waals surface area contributed by atoms with Crippen molar-refractivity contribution in [2.75, 3.05) is 5.32 Å². The Kier molecular flexibility index (Phi) is 4.46. The SMILES string of the molecule is O=C(/C=C/c1ccccc1)Nc1ccc2c(c1)C(=O)c1nc(C(F)(F)F)ncc1-2. The van der Waals surface area contributed by atoms with Gasteiger partial charge in [-0.05, 0) is 29.3 Å². The first-order valence-corrected chi connectivity index (χ1v) is 8.50. The Balaban J connectivity index is 1.57. The molecule has 8 heteroatoms. The molecule has 5 nitrogen and oxygen atoms in total. The second-order valence-electron chi connectivity index (χ2n) is 6.28. The van der Waals surface area contributed by atoms with Crippen LogP contribution in [0.5, 0.6) is 0 Å². The number of ketones is 1. The fraction of sp³-hybridized carbons (Fsp3) is 0.0476. The Morgan fingerprint density at radius 3 is 2.48 bits per heavy atom. The second kappa shape index (κ2) is 6.97. The lowest BCUT2D eigenvalue weighted by Crippen LogP contribution is -2.13. The van der Waals surface area contributed by atoms with Crippen LogP contribution in [0.4, 0.5) is 18.9 Å². The van der Waals surface area contributed by atoms with Crippen molar-refractivity contribution in [3.63, 3.8) is 0 Å². The van der Waals surface area contributed by atoms with E-state index in [0.29, 0.717) is 11.3 Å². The summed E-state index contributed by atoms with van der Waals surface area (Å²) in [6, 6.07) is 13.7. The van der Waals surface area contributed by atoms with Crippen LogP contribution in [0, 0.1) is 0 Å². The molecule has 3 aromatic rings. The van der Waals surface area contributed by atoms with E-state index in [2.05, 4.69) is 15.3 Å². The van der Waals surface area contributed by atoms with Crippen molar-refractivity contribution in [1.29, 1.82) is 0 Å². The van der Waals surface area contributed by atoms with Gasteiger partial charge < -0.3 is 5.32 Å². The van der Waals surface area contributed by atoms with E-state index in [1.807, 2.05) is 30.3 Å². The number of amides is 1. The first-order chi connectivity index (χ1) is 13.8. The lowest BCUT2D eigenvalue weighted by Gasteiger charge is -2.06. The zero-order chi connectivity index (χ0) is 20.6.